The van der Waals surface area contributed by atoms with Gasteiger partial charge in [0.15, 0.2) is 0 Å². The van der Waals surface area contributed by atoms with Crippen LogP contribution in [0, 0.1) is 0 Å². The number of benzene rings is 2. The van der Waals surface area contributed by atoms with Crippen molar-refractivity contribution in [1.82, 2.24) is 14.9 Å². The molecule has 0 radical (unpaired) electrons. The zero-order chi connectivity index (χ0) is 18.1. The van der Waals surface area contributed by atoms with E-state index in [9.17, 15) is 4.79 Å². The summed E-state index contributed by atoms with van der Waals surface area (Å²) >= 11 is 0. The minimum Gasteiger partial charge on any atom is -0.465 e. The SMILES string of the molecule is CN(C(=O)O)[C@H]1CCN(c2nccc(-c3ccc4ccccc4c3)n2)C1. The highest BCUT2D eigenvalue weighted by Crippen LogP contribution is 2.25. The van der Waals surface area contributed by atoms with E-state index in [1.54, 1.807) is 13.2 Å². The second-order valence-electron chi connectivity index (χ2n) is 6.59. The summed E-state index contributed by atoms with van der Waals surface area (Å²) in [6.45, 7) is 1.37. The van der Waals surface area contributed by atoms with Gasteiger partial charge in [-0.1, -0.05) is 36.4 Å². The van der Waals surface area contributed by atoms with Crippen LogP contribution in [0.1, 0.15) is 6.42 Å². The Hall–Kier alpha value is -3.15. The molecule has 0 aliphatic carbocycles. The molecule has 3 aromatic rings. The highest BCUT2D eigenvalue weighted by molar-refractivity contribution is 5.86. The molecule has 0 saturated carbocycles. The molecule has 1 aliphatic rings. The van der Waals surface area contributed by atoms with Crippen LogP contribution in [0.2, 0.25) is 0 Å². The molecule has 2 heterocycles. The number of aromatic nitrogens is 2. The van der Waals surface area contributed by atoms with Crippen LogP contribution in [0.15, 0.2) is 54.7 Å². The van der Waals surface area contributed by atoms with E-state index in [0.717, 1.165) is 24.2 Å². The normalized spacial score (nSPS) is 16.8. The third-order valence-electron chi connectivity index (χ3n) is 4.98. The molecule has 1 N–H and O–H groups in total. The number of likely N-dealkylation sites (N-methyl/N-ethyl adjacent to an activating group) is 1. The Balaban J connectivity index is 1.59. The number of fused-ring (bicyclic) bond motifs is 1. The lowest BCUT2D eigenvalue weighted by Crippen LogP contribution is -2.38. The van der Waals surface area contributed by atoms with Crippen LogP contribution < -0.4 is 4.90 Å². The predicted molar refractivity (Wildman–Crippen MR) is 101 cm³/mol. The lowest BCUT2D eigenvalue weighted by Gasteiger charge is -2.22. The molecule has 2 aromatic carbocycles. The van der Waals surface area contributed by atoms with Gasteiger partial charge in [-0.15, -0.1) is 0 Å². The van der Waals surface area contributed by atoms with Crippen LogP contribution in [-0.2, 0) is 0 Å². The summed E-state index contributed by atoms with van der Waals surface area (Å²) in [6, 6.07) is 16.4. The van der Waals surface area contributed by atoms with Gasteiger partial charge in [0.1, 0.15) is 0 Å². The number of hydrogen-bond acceptors (Lipinski definition) is 4. The number of rotatable bonds is 3. The Morgan fingerprint density at radius 3 is 2.81 bits per heavy atom. The molecule has 1 amide bonds. The summed E-state index contributed by atoms with van der Waals surface area (Å²) < 4.78 is 0. The average Bonchev–Trinajstić information content (AvgIpc) is 3.17. The van der Waals surface area contributed by atoms with E-state index in [1.165, 1.54) is 15.7 Å². The van der Waals surface area contributed by atoms with Gasteiger partial charge in [-0.05, 0) is 29.3 Å². The van der Waals surface area contributed by atoms with Crippen LogP contribution in [0.25, 0.3) is 22.0 Å². The molecular weight excluding hydrogens is 328 g/mol. The minimum atomic E-state index is -0.900. The minimum absolute atomic E-state index is 0.0274. The van der Waals surface area contributed by atoms with Crippen molar-refractivity contribution < 1.29 is 9.90 Å². The first-order valence-corrected chi connectivity index (χ1v) is 8.65. The van der Waals surface area contributed by atoms with Crippen molar-refractivity contribution in [2.75, 3.05) is 25.0 Å². The van der Waals surface area contributed by atoms with Crippen LogP contribution in [0.3, 0.4) is 0 Å². The number of amides is 1. The molecule has 132 valence electrons. The number of carbonyl (C=O) groups is 1. The monoisotopic (exact) mass is 348 g/mol. The van der Waals surface area contributed by atoms with Gasteiger partial charge in [-0.3, -0.25) is 0 Å². The van der Waals surface area contributed by atoms with Gasteiger partial charge in [0, 0.05) is 31.9 Å². The second-order valence-corrected chi connectivity index (χ2v) is 6.59. The van der Waals surface area contributed by atoms with Crippen LogP contribution in [0.5, 0.6) is 0 Å². The van der Waals surface area contributed by atoms with Crippen molar-refractivity contribution in [1.29, 1.82) is 0 Å². The highest BCUT2D eigenvalue weighted by atomic mass is 16.4. The molecule has 1 aromatic heterocycles. The third-order valence-corrected chi connectivity index (χ3v) is 4.98. The fourth-order valence-electron chi connectivity index (χ4n) is 3.41. The maximum Gasteiger partial charge on any atom is 0.407 e. The lowest BCUT2D eigenvalue weighted by atomic mass is 10.1. The van der Waals surface area contributed by atoms with Crippen LogP contribution >= 0.6 is 0 Å². The van der Waals surface area contributed by atoms with E-state index in [4.69, 9.17) is 10.1 Å². The summed E-state index contributed by atoms with van der Waals surface area (Å²) in [5.41, 5.74) is 1.92. The zero-order valence-corrected chi connectivity index (χ0v) is 14.5. The van der Waals surface area contributed by atoms with E-state index >= 15 is 0 Å². The van der Waals surface area contributed by atoms with Gasteiger partial charge in [-0.2, -0.15) is 0 Å². The first-order valence-electron chi connectivity index (χ1n) is 8.65. The third kappa shape index (κ3) is 3.06. The maximum absolute atomic E-state index is 11.2. The van der Waals surface area contributed by atoms with Crippen molar-refractivity contribution in [3.05, 3.63) is 54.7 Å². The molecule has 1 saturated heterocycles. The van der Waals surface area contributed by atoms with Crippen molar-refractivity contribution in [2.45, 2.75) is 12.5 Å². The molecular formula is C20H20N4O2. The molecule has 1 fully saturated rings. The van der Waals surface area contributed by atoms with Gasteiger partial charge in [0.2, 0.25) is 5.95 Å². The Morgan fingerprint density at radius 2 is 2.00 bits per heavy atom. The van der Waals surface area contributed by atoms with E-state index < -0.39 is 6.09 Å². The van der Waals surface area contributed by atoms with Crippen molar-refractivity contribution in [2.24, 2.45) is 0 Å². The molecule has 6 heteroatoms. The van der Waals surface area contributed by atoms with Crippen molar-refractivity contribution in [3.63, 3.8) is 0 Å². The summed E-state index contributed by atoms with van der Waals surface area (Å²) in [4.78, 5) is 23.7. The predicted octanol–water partition coefficient (Wildman–Crippen LogP) is 3.49. The molecule has 0 unspecified atom stereocenters. The molecule has 1 aliphatic heterocycles. The summed E-state index contributed by atoms with van der Waals surface area (Å²) in [7, 11) is 1.61. The first kappa shape index (κ1) is 16.3. The van der Waals surface area contributed by atoms with E-state index in [-0.39, 0.29) is 6.04 Å². The van der Waals surface area contributed by atoms with Crippen LogP contribution in [-0.4, -0.2) is 52.2 Å². The van der Waals surface area contributed by atoms with E-state index in [2.05, 4.69) is 40.2 Å². The van der Waals surface area contributed by atoms with Crippen LogP contribution in [0.4, 0.5) is 10.7 Å². The molecule has 4 rings (SSSR count). The standard InChI is InChI=1S/C20H20N4O2/c1-23(20(25)26)17-9-11-24(13-17)19-21-10-8-18(22-19)16-7-6-14-4-2-3-5-15(14)12-16/h2-8,10,12,17H,9,11,13H2,1H3,(H,25,26)/t17-/m0/s1. The van der Waals surface area contributed by atoms with Crippen molar-refractivity contribution >= 4 is 22.8 Å². The van der Waals surface area contributed by atoms with Gasteiger partial charge >= 0.3 is 6.09 Å². The first-order chi connectivity index (χ1) is 12.6. The smallest absolute Gasteiger partial charge is 0.407 e. The lowest BCUT2D eigenvalue weighted by molar-refractivity contribution is 0.142. The molecule has 1 atom stereocenters. The number of carboxylic acid groups (broad SMARTS) is 1. The Bertz CT molecular complexity index is 959. The fraction of sp³-hybridized carbons (Fsp3) is 0.250. The highest BCUT2D eigenvalue weighted by Gasteiger charge is 2.29. The Morgan fingerprint density at radius 1 is 1.19 bits per heavy atom. The summed E-state index contributed by atoms with van der Waals surface area (Å²) in [5.74, 6) is 0.650. The largest absolute Gasteiger partial charge is 0.465 e. The summed E-state index contributed by atoms with van der Waals surface area (Å²) in [5, 5.41) is 11.5. The quantitative estimate of drug-likeness (QED) is 0.785. The Labute approximate surface area is 151 Å². The Kier molecular flexibility index (Phi) is 4.16. The average molecular weight is 348 g/mol. The second kappa shape index (κ2) is 6.63. The van der Waals surface area contributed by atoms with Crippen molar-refractivity contribution in [3.8, 4) is 11.3 Å². The molecule has 6 nitrogen and oxygen atoms in total. The number of nitrogens with zero attached hydrogens (tertiary/aromatic N) is 4. The van der Waals surface area contributed by atoms with Gasteiger partial charge in [0.05, 0.1) is 11.7 Å². The van der Waals surface area contributed by atoms with E-state index in [0.29, 0.717) is 12.5 Å². The van der Waals surface area contributed by atoms with Gasteiger partial charge in [-0.25, -0.2) is 14.8 Å². The molecule has 0 bridgehead atoms. The molecule has 26 heavy (non-hydrogen) atoms. The van der Waals surface area contributed by atoms with Gasteiger partial charge in [0.25, 0.3) is 0 Å². The maximum atomic E-state index is 11.2. The number of hydrogen-bond donors (Lipinski definition) is 1. The van der Waals surface area contributed by atoms with E-state index in [1.807, 2.05) is 18.2 Å². The molecule has 0 spiro atoms. The summed E-state index contributed by atoms with van der Waals surface area (Å²) in [6.07, 6.45) is 1.65. The van der Waals surface area contributed by atoms with Gasteiger partial charge < -0.3 is 14.9 Å². The zero-order valence-electron chi connectivity index (χ0n) is 14.5. The fourth-order valence-corrected chi connectivity index (χ4v) is 3.41. The number of anilines is 1. The topological polar surface area (TPSA) is 69.6 Å².